The largest absolute Gasteiger partial charge is 0.388 e. The van der Waals surface area contributed by atoms with E-state index in [9.17, 15) is 9.59 Å². The lowest BCUT2D eigenvalue weighted by Gasteiger charge is -2.40. The molecule has 0 radical (unpaired) electrons. The first-order valence-corrected chi connectivity index (χ1v) is 12.2. The number of benzene rings is 1. The molecule has 2 unspecified atom stereocenters. The van der Waals surface area contributed by atoms with Crippen molar-refractivity contribution in [1.82, 2.24) is 10.6 Å². The molecule has 0 aromatic heterocycles. The average Bonchev–Trinajstić information content (AvgIpc) is 2.80. The van der Waals surface area contributed by atoms with Crippen molar-refractivity contribution in [2.45, 2.75) is 45.4 Å². The third-order valence-electron chi connectivity index (χ3n) is 7.69. The van der Waals surface area contributed by atoms with Crippen molar-refractivity contribution in [2.75, 3.05) is 43.4 Å². The number of imide groups is 1. The number of nitrogens with one attached hydrogen (secondary N) is 4. The first-order chi connectivity index (χ1) is 15.5. The molecule has 3 aliphatic heterocycles. The van der Waals surface area contributed by atoms with Crippen molar-refractivity contribution in [3.8, 4) is 0 Å². The molecule has 0 bridgehead atoms. The second-order valence-corrected chi connectivity index (χ2v) is 9.80. The van der Waals surface area contributed by atoms with Crippen molar-refractivity contribution in [1.29, 1.82) is 5.41 Å². The van der Waals surface area contributed by atoms with Crippen LogP contribution in [0.15, 0.2) is 18.2 Å². The number of piperidine rings is 3. The number of rotatable bonds is 6. The smallest absolute Gasteiger partial charge is 0.235 e. The second-order valence-electron chi connectivity index (χ2n) is 9.80. The third-order valence-corrected chi connectivity index (χ3v) is 7.69. The molecule has 3 aliphatic rings. The van der Waals surface area contributed by atoms with Crippen LogP contribution >= 0.6 is 0 Å². The summed E-state index contributed by atoms with van der Waals surface area (Å²) in [5.41, 5.74) is 3.04. The van der Waals surface area contributed by atoms with E-state index in [-0.39, 0.29) is 23.9 Å². The maximum absolute atomic E-state index is 12.2. The zero-order chi connectivity index (χ0) is 22.7. The van der Waals surface area contributed by atoms with E-state index in [1.54, 1.807) is 0 Å². The zero-order valence-electron chi connectivity index (χ0n) is 19.4. The summed E-state index contributed by atoms with van der Waals surface area (Å²) in [5, 5.41) is 17.7. The Morgan fingerprint density at radius 3 is 2.66 bits per heavy atom. The Kier molecular flexibility index (Phi) is 7.13. The van der Waals surface area contributed by atoms with Crippen molar-refractivity contribution in [3.05, 3.63) is 23.8 Å². The maximum atomic E-state index is 12.2. The van der Waals surface area contributed by atoms with Crippen molar-refractivity contribution in [3.63, 3.8) is 0 Å². The number of hydrogen-bond donors (Lipinski definition) is 4. The van der Waals surface area contributed by atoms with Crippen molar-refractivity contribution < 1.29 is 9.59 Å². The number of hydrogen-bond acceptors (Lipinski definition) is 6. The Hall–Kier alpha value is -2.41. The highest BCUT2D eigenvalue weighted by Gasteiger charge is 2.32. The van der Waals surface area contributed by atoms with Gasteiger partial charge in [-0.2, -0.15) is 0 Å². The van der Waals surface area contributed by atoms with Gasteiger partial charge in [-0.1, -0.05) is 6.92 Å². The van der Waals surface area contributed by atoms with E-state index < -0.39 is 5.92 Å². The molecular formula is C25H37N5O2. The molecule has 1 aromatic carbocycles. The Bertz CT molecular complexity index is 864. The Morgan fingerprint density at radius 2 is 1.97 bits per heavy atom. The summed E-state index contributed by atoms with van der Waals surface area (Å²) in [7, 11) is 1.86. The molecule has 1 aromatic rings. The molecule has 174 valence electrons. The molecule has 7 nitrogen and oxygen atoms in total. The Balaban J connectivity index is 1.42. The van der Waals surface area contributed by atoms with E-state index >= 15 is 0 Å². The van der Waals surface area contributed by atoms with Crippen LogP contribution in [0.5, 0.6) is 0 Å². The highest BCUT2D eigenvalue weighted by atomic mass is 16.2. The van der Waals surface area contributed by atoms with Gasteiger partial charge >= 0.3 is 0 Å². The lowest BCUT2D eigenvalue weighted by Crippen LogP contribution is -2.44. The molecule has 0 saturated carbocycles. The fourth-order valence-electron chi connectivity index (χ4n) is 5.65. The van der Waals surface area contributed by atoms with E-state index in [4.69, 9.17) is 5.41 Å². The summed E-state index contributed by atoms with van der Waals surface area (Å²) < 4.78 is 0. The van der Waals surface area contributed by atoms with Crippen LogP contribution < -0.4 is 20.9 Å². The molecule has 3 saturated heterocycles. The van der Waals surface area contributed by atoms with Crippen LogP contribution in [0.3, 0.4) is 0 Å². The molecule has 4 N–H and O–H groups in total. The molecule has 0 spiro atoms. The summed E-state index contributed by atoms with van der Waals surface area (Å²) in [6, 6.07) is 6.14. The van der Waals surface area contributed by atoms with E-state index in [1.807, 2.05) is 13.1 Å². The third kappa shape index (κ3) is 4.98. The molecule has 3 heterocycles. The molecule has 7 heteroatoms. The topological polar surface area (TPSA) is 97.3 Å². The molecule has 32 heavy (non-hydrogen) atoms. The summed E-state index contributed by atoms with van der Waals surface area (Å²) >= 11 is 0. The number of anilines is 2. The lowest BCUT2D eigenvalue weighted by atomic mass is 9.78. The van der Waals surface area contributed by atoms with Gasteiger partial charge in [0.05, 0.1) is 11.6 Å². The fourth-order valence-corrected chi connectivity index (χ4v) is 5.65. The van der Waals surface area contributed by atoms with Crippen LogP contribution in [0.25, 0.3) is 0 Å². The highest BCUT2D eigenvalue weighted by Crippen LogP contribution is 2.35. The minimum Gasteiger partial charge on any atom is -0.388 e. The average molecular weight is 440 g/mol. The monoisotopic (exact) mass is 439 g/mol. The van der Waals surface area contributed by atoms with Gasteiger partial charge in [-0.05, 0) is 81.1 Å². The molecule has 0 aliphatic carbocycles. The minimum absolute atomic E-state index is 0.249. The van der Waals surface area contributed by atoms with Gasteiger partial charge in [0.15, 0.2) is 0 Å². The van der Waals surface area contributed by atoms with Gasteiger partial charge in [-0.15, -0.1) is 0 Å². The van der Waals surface area contributed by atoms with Crippen LogP contribution in [0, 0.1) is 29.1 Å². The molecule has 3 atom stereocenters. The van der Waals surface area contributed by atoms with E-state index in [0.717, 1.165) is 36.2 Å². The van der Waals surface area contributed by atoms with Crippen LogP contribution in [0.4, 0.5) is 11.4 Å². The van der Waals surface area contributed by atoms with Gasteiger partial charge in [0.2, 0.25) is 11.8 Å². The van der Waals surface area contributed by atoms with Crippen LogP contribution in [0.2, 0.25) is 0 Å². The van der Waals surface area contributed by atoms with Gasteiger partial charge < -0.3 is 20.9 Å². The molecule has 2 amide bonds. The maximum Gasteiger partial charge on any atom is 0.235 e. The van der Waals surface area contributed by atoms with Crippen molar-refractivity contribution >= 4 is 28.9 Å². The quantitative estimate of drug-likeness (QED) is 0.404. The first-order valence-electron chi connectivity index (χ1n) is 12.2. The van der Waals surface area contributed by atoms with E-state index in [1.165, 1.54) is 44.5 Å². The molecular weight excluding hydrogens is 402 g/mol. The predicted octanol–water partition coefficient (Wildman–Crippen LogP) is 3.00. The highest BCUT2D eigenvalue weighted by molar-refractivity contribution is 6.17. The van der Waals surface area contributed by atoms with Gasteiger partial charge in [0.1, 0.15) is 0 Å². The Morgan fingerprint density at radius 1 is 1.19 bits per heavy atom. The van der Waals surface area contributed by atoms with E-state index in [0.29, 0.717) is 12.3 Å². The standard InChI is InChI=1S/C25H37N5O2/c1-16-15-30(12-9-18(16)13-17-7-10-28-11-8-17)19-3-4-20(22(14-19)27-2)24(26)21-5-6-23(31)29-25(21)32/h3-4,14,16-18,21,26-28H,5-13,15H2,1-2H3,(H,29,31,32)/t16?,18-,21?/m0/s1. The Labute approximate surface area is 191 Å². The zero-order valence-corrected chi connectivity index (χ0v) is 19.4. The SMILES string of the molecule is CNc1cc(N2CC[C@@H](CC3CCNCC3)C(C)C2)ccc1C(=N)C1CCC(=O)NC1=O. The van der Waals surface area contributed by atoms with E-state index in [2.05, 4.69) is 39.9 Å². The molecule has 4 rings (SSSR count). The number of carbonyl (C=O) groups excluding carboxylic acids is 2. The normalized spacial score (nSPS) is 27.2. The van der Waals surface area contributed by atoms with Crippen LogP contribution in [-0.4, -0.2) is 50.8 Å². The molecule has 3 fully saturated rings. The minimum atomic E-state index is -0.573. The van der Waals surface area contributed by atoms with Crippen LogP contribution in [-0.2, 0) is 9.59 Å². The fraction of sp³-hybridized carbons (Fsp3) is 0.640. The van der Waals surface area contributed by atoms with Crippen molar-refractivity contribution in [2.24, 2.45) is 23.7 Å². The summed E-state index contributed by atoms with van der Waals surface area (Å²) in [4.78, 5) is 26.2. The van der Waals surface area contributed by atoms with Gasteiger partial charge in [0, 0.05) is 43.5 Å². The second kappa shape index (κ2) is 10.0. The lowest BCUT2D eigenvalue weighted by molar-refractivity contribution is -0.134. The van der Waals surface area contributed by atoms with Gasteiger partial charge in [0.25, 0.3) is 0 Å². The summed E-state index contributed by atoms with van der Waals surface area (Å²) in [6.07, 6.45) is 5.92. The number of amides is 2. The number of nitrogens with zero attached hydrogens (tertiary/aromatic N) is 1. The number of carbonyl (C=O) groups is 2. The predicted molar refractivity (Wildman–Crippen MR) is 128 cm³/mol. The summed E-state index contributed by atoms with van der Waals surface area (Å²) in [6.45, 7) is 6.86. The summed E-state index contributed by atoms with van der Waals surface area (Å²) in [5.74, 6) is 1.17. The van der Waals surface area contributed by atoms with Gasteiger partial charge in [-0.3, -0.25) is 14.9 Å². The van der Waals surface area contributed by atoms with Crippen LogP contribution in [0.1, 0.15) is 51.0 Å². The van der Waals surface area contributed by atoms with Gasteiger partial charge in [-0.25, -0.2) is 0 Å². The first kappa shape index (κ1) is 22.8.